The summed E-state index contributed by atoms with van der Waals surface area (Å²) in [6, 6.07) is 16.9. The zero-order valence-corrected chi connectivity index (χ0v) is 22.1. The van der Waals surface area contributed by atoms with Gasteiger partial charge in [-0.1, -0.05) is 24.3 Å². The SMILES string of the molecule is CCN(CCOCCOCCOCCOCCO)c1cccc(C)c1.CCNc1cccc(C)c1. The smallest absolute Gasteiger partial charge is 0.0701 e. The predicted molar refractivity (Wildman–Crippen MR) is 145 cm³/mol. The Morgan fingerprint density at radius 3 is 1.77 bits per heavy atom. The first kappa shape index (κ1) is 30.9. The van der Waals surface area contributed by atoms with Crippen LogP contribution in [-0.4, -0.2) is 84.2 Å². The van der Waals surface area contributed by atoms with Crippen LogP contribution in [0.25, 0.3) is 0 Å². The molecule has 7 nitrogen and oxygen atoms in total. The molecule has 0 atom stereocenters. The zero-order valence-electron chi connectivity index (χ0n) is 22.1. The van der Waals surface area contributed by atoms with Crippen LogP contribution in [-0.2, 0) is 18.9 Å². The van der Waals surface area contributed by atoms with Crippen LogP contribution in [0.5, 0.6) is 0 Å². The van der Waals surface area contributed by atoms with Crippen molar-refractivity contribution < 1.29 is 24.1 Å². The summed E-state index contributed by atoms with van der Waals surface area (Å²) in [4.78, 5) is 2.31. The van der Waals surface area contributed by atoms with Crippen LogP contribution in [0.4, 0.5) is 11.4 Å². The molecule has 0 bridgehead atoms. The number of aliphatic hydroxyl groups excluding tert-OH is 1. The summed E-state index contributed by atoms with van der Waals surface area (Å²) < 4.78 is 21.5. The molecule has 0 aliphatic rings. The van der Waals surface area contributed by atoms with Gasteiger partial charge in [-0.15, -0.1) is 0 Å². The number of ether oxygens (including phenoxy) is 4. The van der Waals surface area contributed by atoms with Crippen molar-refractivity contribution in [3.8, 4) is 0 Å². The molecule has 35 heavy (non-hydrogen) atoms. The van der Waals surface area contributed by atoms with Crippen LogP contribution in [0.15, 0.2) is 48.5 Å². The highest BCUT2D eigenvalue weighted by molar-refractivity contribution is 5.48. The van der Waals surface area contributed by atoms with Crippen molar-refractivity contribution in [3.05, 3.63) is 59.7 Å². The molecule has 2 aromatic rings. The largest absolute Gasteiger partial charge is 0.394 e. The molecule has 2 N–H and O–H groups in total. The standard InChI is InChI=1S/C19H33NO5.C9H13N/c1-3-20(19-6-4-5-18(2)17-19)7-9-22-11-13-24-15-16-25-14-12-23-10-8-21;1-3-10-9-6-4-5-8(2)7-9/h4-6,17,21H,3,7-16H2,1-2H3;4-7,10H,3H2,1-2H3. The third-order valence-corrected chi connectivity index (χ3v) is 5.00. The van der Waals surface area contributed by atoms with Gasteiger partial charge in [0.25, 0.3) is 0 Å². The summed E-state index contributed by atoms with van der Waals surface area (Å²) in [7, 11) is 0. The van der Waals surface area contributed by atoms with Crippen LogP contribution in [0, 0.1) is 13.8 Å². The Kier molecular flexibility index (Phi) is 18.7. The first-order valence-electron chi connectivity index (χ1n) is 12.6. The number of hydrogen-bond donors (Lipinski definition) is 2. The van der Waals surface area contributed by atoms with Gasteiger partial charge in [0, 0.05) is 31.0 Å². The maximum absolute atomic E-state index is 8.54. The normalized spacial score (nSPS) is 10.5. The second kappa shape index (κ2) is 21.1. The topological polar surface area (TPSA) is 72.4 Å². The summed E-state index contributed by atoms with van der Waals surface area (Å²) in [5.41, 5.74) is 5.02. The van der Waals surface area contributed by atoms with Crippen molar-refractivity contribution >= 4 is 11.4 Å². The van der Waals surface area contributed by atoms with Crippen LogP contribution < -0.4 is 10.2 Å². The number of nitrogens with zero attached hydrogens (tertiary/aromatic N) is 1. The van der Waals surface area contributed by atoms with E-state index in [4.69, 9.17) is 24.1 Å². The number of nitrogens with one attached hydrogen (secondary N) is 1. The van der Waals surface area contributed by atoms with Crippen molar-refractivity contribution in [2.45, 2.75) is 27.7 Å². The number of rotatable bonds is 18. The van der Waals surface area contributed by atoms with Gasteiger partial charge in [-0.3, -0.25) is 0 Å². The van der Waals surface area contributed by atoms with Gasteiger partial charge in [0.15, 0.2) is 0 Å². The third kappa shape index (κ3) is 16.2. The number of anilines is 2. The van der Waals surface area contributed by atoms with Gasteiger partial charge >= 0.3 is 0 Å². The highest BCUT2D eigenvalue weighted by Gasteiger charge is 2.04. The summed E-state index contributed by atoms with van der Waals surface area (Å²) in [6.07, 6.45) is 0. The first-order valence-corrected chi connectivity index (χ1v) is 12.6. The summed E-state index contributed by atoms with van der Waals surface area (Å²) in [5.74, 6) is 0. The Morgan fingerprint density at radius 1 is 0.714 bits per heavy atom. The molecule has 0 radical (unpaired) electrons. The van der Waals surface area contributed by atoms with Gasteiger partial charge in [0.05, 0.1) is 59.5 Å². The highest BCUT2D eigenvalue weighted by Crippen LogP contribution is 2.15. The Balaban J connectivity index is 0.000000507. The van der Waals surface area contributed by atoms with Gasteiger partial charge in [0.1, 0.15) is 0 Å². The van der Waals surface area contributed by atoms with E-state index in [1.165, 1.54) is 22.5 Å². The first-order chi connectivity index (χ1) is 17.1. The fourth-order valence-corrected chi connectivity index (χ4v) is 3.25. The molecule has 0 saturated carbocycles. The quantitative estimate of drug-likeness (QED) is 0.302. The molecular weight excluding hydrogens is 444 g/mol. The molecule has 2 aromatic carbocycles. The average molecular weight is 491 g/mol. The van der Waals surface area contributed by atoms with E-state index in [9.17, 15) is 0 Å². The molecule has 0 unspecified atom stereocenters. The summed E-state index contributed by atoms with van der Waals surface area (Å²) in [5, 5.41) is 11.8. The molecule has 0 spiro atoms. The van der Waals surface area contributed by atoms with Gasteiger partial charge in [-0.25, -0.2) is 0 Å². The molecule has 0 aromatic heterocycles. The number of hydrogen-bond acceptors (Lipinski definition) is 7. The lowest BCUT2D eigenvalue weighted by molar-refractivity contribution is -0.00488. The molecule has 0 fully saturated rings. The average Bonchev–Trinajstić information content (AvgIpc) is 2.85. The summed E-state index contributed by atoms with van der Waals surface area (Å²) >= 11 is 0. The molecule has 0 saturated heterocycles. The Labute approximate surface area is 212 Å². The Bertz CT molecular complexity index is 760. The number of likely N-dealkylation sites (N-methyl/N-ethyl adjacent to an activating group) is 1. The van der Waals surface area contributed by atoms with Crippen molar-refractivity contribution in [1.29, 1.82) is 0 Å². The van der Waals surface area contributed by atoms with Crippen molar-refractivity contribution in [2.75, 3.05) is 89.3 Å². The maximum Gasteiger partial charge on any atom is 0.0701 e. The number of benzene rings is 2. The molecule has 0 aliphatic heterocycles. The molecule has 0 amide bonds. The molecule has 2 rings (SSSR count). The highest BCUT2D eigenvalue weighted by atomic mass is 16.6. The molecule has 0 heterocycles. The van der Waals surface area contributed by atoms with Crippen LogP contribution in [0.2, 0.25) is 0 Å². The van der Waals surface area contributed by atoms with E-state index in [2.05, 4.69) is 86.4 Å². The van der Waals surface area contributed by atoms with E-state index >= 15 is 0 Å². The molecule has 198 valence electrons. The van der Waals surface area contributed by atoms with E-state index in [-0.39, 0.29) is 6.61 Å². The van der Waals surface area contributed by atoms with Crippen molar-refractivity contribution in [1.82, 2.24) is 0 Å². The van der Waals surface area contributed by atoms with Crippen LogP contribution in [0.1, 0.15) is 25.0 Å². The minimum atomic E-state index is 0.0458. The second-order valence-electron chi connectivity index (χ2n) is 7.99. The van der Waals surface area contributed by atoms with Crippen LogP contribution in [0.3, 0.4) is 0 Å². The van der Waals surface area contributed by atoms with Crippen LogP contribution >= 0.6 is 0 Å². The van der Waals surface area contributed by atoms with E-state index in [0.29, 0.717) is 52.9 Å². The summed E-state index contributed by atoms with van der Waals surface area (Å²) in [6.45, 7) is 15.6. The molecule has 7 heteroatoms. The minimum Gasteiger partial charge on any atom is -0.394 e. The third-order valence-electron chi connectivity index (χ3n) is 5.00. The number of aryl methyl sites for hydroxylation is 2. The monoisotopic (exact) mass is 490 g/mol. The minimum absolute atomic E-state index is 0.0458. The Hall–Kier alpha value is -2.16. The molecule has 0 aliphatic carbocycles. The van der Waals surface area contributed by atoms with E-state index in [1.54, 1.807) is 0 Å². The molecular formula is C28H46N2O5. The fourth-order valence-electron chi connectivity index (χ4n) is 3.25. The van der Waals surface area contributed by atoms with E-state index < -0.39 is 0 Å². The predicted octanol–water partition coefficient (Wildman–Crippen LogP) is 4.31. The maximum atomic E-state index is 8.54. The van der Waals surface area contributed by atoms with E-state index in [1.807, 2.05) is 0 Å². The lowest BCUT2D eigenvalue weighted by Gasteiger charge is -2.23. The van der Waals surface area contributed by atoms with E-state index in [0.717, 1.165) is 19.6 Å². The second-order valence-corrected chi connectivity index (χ2v) is 7.99. The van der Waals surface area contributed by atoms with Crippen molar-refractivity contribution in [2.24, 2.45) is 0 Å². The van der Waals surface area contributed by atoms with Crippen molar-refractivity contribution in [3.63, 3.8) is 0 Å². The lowest BCUT2D eigenvalue weighted by Crippen LogP contribution is -2.27. The Morgan fingerprint density at radius 2 is 1.26 bits per heavy atom. The van der Waals surface area contributed by atoms with Gasteiger partial charge in [0.2, 0.25) is 0 Å². The zero-order chi connectivity index (χ0) is 25.6. The van der Waals surface area contributed by atoms with Gasteiger partial charge in [-0.05, 0) is 63.1 Å². The fraction of sp³-hybridized carbons (Fsp3) is 0.571. The number of aliphatic hydroxyl groups is 1. The van der Waals surface area contributed by atoms with Gasteiger partial charge in [-0.2, -0.15) is 0 Å². The van der Waals surface area contributed by atoms with Gasteiger partial charge < -0.3 is 34.3 Å². The lowest BCUT2D eigenvalue weighted by atomic mass is 10.2.